The van der Waals surface area contributed by atoms with Gasteiger partial charge in [0.1, 0.15) is 22.2 Å². The lowest BCUT2D eigenvalue weighted by atomic mass is 9.97. The first-order valence-corrected chi connectivity index (χ1v) is 11.4. The second-order valence-corrected chi connectivity index (χ2v) is 9.66. The molecule has 3 aromatic rings. The number of halogens is 2. The summed E-state index contributed by atoms with van der Waals surface area (Å²) in [7, 11) is 0. The van der Waals surface area contributed by atoms with Crippen molar-refractivity contribution in [1.29, 1.82) is 0 Å². The van der Waals surface area contributed by atoms with Gasteiger partial charge in [0.15, 0.2) is 5.65 Å². The van der Waals surface area contributed by atoms with Gasteiger partial charge in [0.2, 0.25) is 5.91 Å². The highest BCUT2D eigenvalue weighted by Crippen LogP contribution is 2.52. The van der Waals surface area contributed by atoms with Crippen molar-refractivity contribution in [3.05, 3.63) is 67.6 Å². The number of likely N-dealkylation sites (tertiary alicyclic amines) is 1. The van der Waals surface area contributed by atoms with Gasteiger partial charge in [-0.2, -0.15) is 0 Å². The summed E-state index contributed by atoms with van der Waals surface area (Å²) in [5, 5.41) is 3.35. The molecule has 1 saturated heterocycles. The van der Waals surface area contributed by atoms with Crippen LogP contribution in [0.3, 0.4) is 0 Å². The monoisotopic (exact) mass is 515 g/mol. The number of carbonyl (C=O) groups excluding carboxylic acids is 2. The minimum Gasteiger partial charge on any atom is -0.348 e. The molecular weight excluding hydrogens is 498 g/mol. The molecule has 0 radical (unpaired) electrons. The minimum absolute atomic E-state index is 0.0889. The van der Waals surface area contributed by atoms with Crippen LogP contribution in [0.5, 0.6) is 0 Å². The van der Waals surface area contributed by atoms with E-state index >= 15 is 0 Å². The fraction of sp³-hybridized carbons (Fsp3) is 0.318. The lowest BCUT2D eigenvalue weighted by molar-refractivity contribution is -0.139. The predicted molar refractivity (Wildman–Crippen MR) is 122 cm³/mol. The van der Waals surface area contributed by atoms with Crippen LogP contribution in [0.2, 0.25) is 5.02 Å². The minimum atomic E-state index is -0.572. The summed E-state index contributed by atoms with van der Waals surface area (Å²) in [5.74, 6) is -0.704. The summed E-state index contributed by atoms with van der Waals surface area (Å²) < 4.78 is 1.71. The number of fused-ring (bicyclic) bond motifs is 1. The van der Waals surface area contributed by atoms with Crippen molar-refractivity contribution in [2.24, 2.45) is 5.41 Å². The maximum atomic E-state index is 13.2. The van der Waals surface area contributed by atoms with E-state index in [-0.39, 0.29) is 30.2 Å². The Bertz CT molecular complexity index is 1300. The van der Waals surface area contributed by atoms with Crippen molar-refractivity contribution in [1.82, 2.24) is 24.8 Å². The van der Waals surface area contributed by atoms with E-state index in [2.05, 4.69) is 31.2 Å². The molecule has 0 bridgehead atoms. The lowest BCUT2D eigenvalue weighted by Crippen LogP contribution is -2.53. The number of amides is 2. The number of pyridine rings is 1. The molecule has 1 aliphatic heterocycles. The highest BCUT2D eigenvalue weighted by molar-refractivity contribution is 9.10. The Morgan fingerprint density at radius 2 is 1.91 bits per heavy atom. The van der Waals surface area contributed by atoms with E-state index in [0.717, 1.165) is 31.5 Å². The standard InChI is InChI=1S/C22H19BrClN5O3/c23-17-9-25-19-16(27-17)7-15(20(31)26-8-13-1-3-14(24)4-2-13)21(32)29(19)10-18(30)28-11-22(12-28)5-6-22/h1-4,7,9H,5-6,8,10-12H2,(H,26,31). The molecule has 1 aliphatic carbocycles. The average molecular weight is 517 g/mol. The zero-order valence-corrected chi connectivity index (χ0v) is 19.3. The van der Waals surface area contributed by atoms with E-state index in [4.69, 9.17) is 11.6 Å². The highest BCUT2D eigenvalue weighted by atomic mass is 79.9. The topological polar surface area (TPSA) is 97.2 Å². The second-order valence-electron chi connectivity index (χ2n) is 8.41. The summed E-state index contributed by atoms with van der Waals surface area (Å²) in [6, 6.07) is 8.46. The molecule has 164 valence electrons. The zero-order valence-electron chi connectivity index (χ0n) is 17.0. The van der Waals surface area contributed by atoms with Crippen LogP contribution in [0.15, 0.2) is 45.9 Å². The quantitative estimate of drug-likeness (QED) is 0.562. The molecule has 1 aromatic carbocycles. The number of hydrogen-bond acceptors (Lipinski definition) is 5. The molecule has 2 aromatic heterocycles. The van der Waals surface area contributed by atoms with E-state index in [1.54, 1.807) is 29.2 Å². The van der Waals surface area contributed by atoms with Gasteiger partial charge in [-0.15, -0.1) is 0 Å². The largest absolute Gasteiger partial charge is 0.348 e. The van der Waals surface area contributed by atoms with Crippen LogP contribution in [-0.2, 0) is 17.9 Å². The molecule has 2 fully saturated rings. The van der Waals surface area contributed by atoms with Crippen LogP contribution in [0.25, 0.3) is 11.2 Å². The smallest absolute Gasteiger partial charge is 0.265 e. The molecule has 1 spiro atoms. The summed E-state index contributed by atoms with van der Waals surface area (Å²) in [5.41, 5.74) is 1.12. The maximum Gasteiger partial charge on any atom is 0.265 e. The average Bonchev–Trinajstić information content (AvgIpc) is 3.55. The molecule has 1 N–H and O–H groups in total. The fourth-order valence-electron chi connectivity index (χ4n) is 3.98. The van der Waals surface area contributed by atoms with Crippen molar-refractivity contribution < 1.29 is 9.59 Å². The van der Waals surface area contributed by atoms with Gasteiger partial charge in [-0.05, 0) is 52.5 Å². The van der Waals surface area contributed by atoms with Crippen LogP contribution < -0.4 is 10.9 Å². The molecule has 10 heteroatoms. The second kappa shape index (κ2) is 7.97. The lowest BCUT2D eigenvalue weighted by Gasteiger charge is -2.40. The van der Waals surface area contributed by atoms with E-state index < -0.39 is 11.5 Å². The number of nitrogens with one attached hydrogen (secondary N) is 1. The van der Waals surface area contributed by atoms with Gasteiger partial charge in [0.05, 0.1) is 6.20 Å². The van der Waals surface area contributed by atoms with Crippen molar-refractivity contribution in [2.45, 2.75) is 25.9 Å². The maximum absolute atomic E-state index is 13.2. The van der Waals surface area contributed by atoms with Gasteiger partial charge in [-0.25, -0.2) is 9.97 Å². The highest BCUT2D eigenvalue weighted by Gasteiger charge is 2.53. The summed E-state index contributed by atoms with van der Waals surface area (Å²) >= 11 is 9.17. The van der Waals surface area contributed by atoms with Crippen molar-refractivity contribution in [3.8, 4) is 0 Å². The third-order valence-corrected chi connectivity index (χ3v) is 6.66. The molecule has 2 aliphatic rings. The number of hydrogen-bond donors (Lipinski definition) is 1. The first-order chi connectivity index (χ1) is 15.3. The number of nitrogens with zero attached hydrogens (tertiary/aromatic N) is 4. The van der Waals surface area contributed by atoms with Crippen LogP contribution in [-0.4, -0.2) is 44.3 Å². The molecular formula is C22H19BrClN5O3. The van der Waals surface area contributed by atoms with E-state index in [0.29, 0.717) is 20.6 Å². The SMILES string of the molecule is O=C(NCc1ccc(Cl)cc1)c1cc2nc(Br)cnc2n(CC(=O)N2CC3(CC3)C2)c1=O. The van der Waals surface area contributed by atoms with Gasteiger partial charge < -0.3 is 10.2 Å². The van der Waals surface area contributed by atoms with Crippen LogP contribution >= 0.6 is 27.5 Å². The Hall–Kier alpha value is -2.78. The van der Waals surface area contributed by atoms with Gasteiger partial charge >= 0.3 is 0 Å². The first kappa shape index (κ1) is 21.1. The Balaban J connectivity index is 1.43. The van der Waals surface area contributed by atoms with Crippen molar-refractivity contribution in [3.63, 3.8) is 0 Å². The Kier molecular flexibility index (Phi) is 5.25. The molecule has 1 saturated carbocycles. The van der Waals surface area contributed by atoms with Gasteiger partial charge in [0, 0.05) is 30.1 Å². The van der Waals surface area contributed by atoms with Crippen molar-refractivity contribution in [2.75, 3.05) is 13.1 Å². The number of benzene rings is 1. The molecule has 0 unspecified atom stereocenters. The number of rotatable bonds is 5. The summed E-state index contributed by atoms with van der Waals surface area (Å²) in [4.78, 5) is 49.2. The Morgan fingerprint density at radius 3 is 2.59 bits per heavy atom. The molecule has 32 heavy (non-hydrogen) atoms. The fourth-order valence-corrected chi connectivity index (χ4v) is 4.40. The molecule has 3 heterocycles. The van der Waals surface area contributed by atoms with Gasteiger partial charge in [0.25, 0.3) is 11.5 Å². The third-order valence-electron chi connectivity index (χ3n) is 6.03. The van der Waals surface area contributed by atoms with Crippen molar-refractivity contribution >= 4 is 50.5 Å². The van der Waals surface area contributed by atoms with E-state index in [1.807, 2.05) is 0 Å². The van der Waals surface area contributed by atoms with Crippen LogP contribution in [0.4, 0.5) is 0 Å². The van der Waals surface area contributed by atoms with E-state index in [1.165, 1.54) is 16.8 Å². The third kappa shape index (κ3) is 4.02. The summed E-state index contributed by atoms with van der Waals surface area (Å²) in [6.07, 6.45) is 3.77. The van der Waals surface area contributed by atoms with Gasteiger partial charge in [-0.1, -0.05) is 23.7 Å². The molecule has 8 nitrogen and oxygen atoms in total. The normalized spacial score (nSPS) is 16.1. The van der Waals surface area contributed by atoms with Crippen LogP contribution in [0, 0.1) is 5.41 Å². The zero-order chi connectivity index (χ0) is 22.5. The molecule has 0 atom stereocenters. The predicted octanol–water partition coefficient (Wildman–Crippen LogP) is 2.76. The Morgan fingerprint density at radius 1 is 1.19 bits per heavy atom. The molecule has 5 rings (SSSR count). The molecule has 2 amide bonds. The van der Waals surface area contributed by atoms with Gasteiger partial charge in [-0.3, -0.25) is 19.0 Å². The van der Waals surface area contributed by atoms with Crippen LogP contribution in [0.1, 0.15) is 28.8 Å². The number of aromatic nitrogens is 3. The first-order valence-electron chi connectivity index (χ1n) is 10.2. The summed E-state index contributed by atoms with van der Waals surface area (Å²) in [6.45, 7) is 1.51. The Labute approximate surface area is 196 Å². The van der Waals surface area contributed by atoms with E-state index in [9.17, 15) is 14.4 Å². The number of carbonyl (C=O) groups is 2.